The fraction of sp³-hybridized carbons (Fsp3) is 0.107. The fourth-order valence-corrected chi connectivity index (χ4v) is 4.25. The number of hydrogen-bond donors (Lipinski definition) is 1. The average molecular weight is 450 g/mol. The normalized spacial score (nSPS) is 17.6. The summed E-state index contributed by atoms with van der Waals surface area (Å²) in [5.41, 5.74) is -0.174. The van der Waals surface area contributed by atoms with Crippen LogP contribution in [0.5, 0.6) is 11.5 Å². The van der Waals surface area contributed by atoms with Crippen molar-refractivity contribution >= 4 is 28.5 Å². The third kappa shape index (κ3) is 3.79. The molecule has 0 aromatic heterocycles. The quantitative estimate of drug-likeness (QED) is 0.320. The largest absolute Gasteiger partial charge is 0.457 e. The van der Waals surface area contributed by atoms with Gasteiger partial charge in [-0.25, -0.2) is 4.79 Å². The topological polar surface area (TPSA) is 75.7 Å². The van der Waals surface area contributed by atoms with Crippen molar-refractivity contribution in [2.24, 2.45) is 0 Å². The van der Waals surface area contributed by atoms with Crippen LogP contribution in [0.1, 0.15) is 22.8 Å². The van der Waals surface area contributed by atoms with Gasteiger partial charge < -0.3 is 10.1 Å². The standard InChI is InChI=1S/C28H22N2O4/c1-28(24-13-7-9-19-8-5-6-12-23(19)24)26(32)30(27(33)29-28)18-25(31)20-14-16-22(17-15-20)34-21-10-3-2-4-11-21/h2-17H,18H2,1H3,(H,29,33). The first kappa shape index (κ1) is 21.4. The van der Waals surface area contributed by atoms with Crippen molar-refractivity contribution in [3.05, 3.63) is 108 Å². The number of ether oxygens (including phenoxy) is 1. The molecule has 1 unspecified atom stereocenters. The van der Waals surface area contributed by atoms with Crippen molar-refractivity contribution in [3.63, 3.8) is 0 Å². The summed E-state index contributed by atoms with van der Waals surface area (Å²) in [5, 5.41) is 4.64. The molecule has 1 N–H and O–H groups in total. The molecule has 0 radical (unpaired) electrons. The third-order valence-corrected chi connectivity index (χ3v) is 6.06. The van der Waals surface area contributed by atoms with Crippen LogP contribution >= 0.6 is 0 Å². The molecule has 4 aromatic rings. The van der Waals surface area contributed by atoms with E-state index < -0.39 is 17.5 Å². The molecule has 0 bridgehead atoms. The van der Waals surface area contributed by atoms with E-state index in [1.165, 1.54) is 0 Å². The molecule has 1 heterocycles. The van der Waals surface area contributed by atoms with E-state index in [9.17, 15) is 14.4 Å². The number of amides is 3. The lowest BCUT2D eigenvalue weighted by atomic mass is 9.88. The highest BCUT2D eigenvalue weighted by Crippen LogP contribution is 2.34. The van der Waals surface area contributed by atoms with Crippen molar-refractivity contribution in [2.45, 2.75) is 12.5 Å². The first-order valence-electron chi connectivity index (χ1n) is 10.9. The maximum absolute atomic E-state index is 13.4. The van der Waals surface area contributed by atoms with Gasteiger partial charge >= 0.3 is 6.03 Å². The minimum absolute atomic E-state index is 0.336. The lowest BCUT2D eigenvalue weighted by molar-refractivity contribution is -0.130. The molecule has 6 heteroatoms. The van der Waals surface area contributed by atoms with Crippen LogP contribution in [0.2, 0.25) is 0 Å². The van der Waals surface area contributed by atoms with E-state index in [0.29, 0.717) is 22.6 Å². The third-order valence-electron chi connectivity index (χ3n) is 6.06. The van der Waals surface area contributed by atoms with E-state index in [1.54, 1.807) is 31.2 Å². The van der Waals surface area contributed by atoms with Gasteiger partial charge in [-0.05, 0) is 59.7 Å². The smallest absolute Gasteiger partial charge is 0.325 e. The number of nitrogens with one attached hydrogen (secondary N) is 1. The Morgan fingerprint density at radius 2 is 1.47 bits per heavy atom. The zero-order chi connectivity index (χ0) is 23.7. The zero-order valence-corrected chi connectivity index (χ0v) is 18.5. The second-order valence-corrected chi connectivity index (χ2v) is 8.34. The summed E-state index contributed by atoms with van der Waals surface area (Å²) in [4.78, 5) is 40.0. The number of hydrogen-bond acceptors (Lipinski definition) is 4. The molecule has 6 nitrogen and oxygen atoms in total. The average Bonchev–Trinajstić information content (AvgIpc) is 3.08. The van der Waals surface area contributed by atoms with E-state index in [4.69, 9.17) is 4.74 Å². The lowest BCUT2D eigenvalue weighted by Gasteiger charge is -2.24. The van der Waals surface area contributed by atoms with Crippen LogP contribution in [-0.2, 0) is 10.3 Å². The van der Waals surface area contributed by atoms with Crippen molar-refractivity contribution < 1.29 is 19.1 Å². The number of carbonyl (C=O) groups excluding carboxylic acids is 3. The molecule has 1 aliphatic heterocycles. The molecule has 1 saturated heterocycles. The Balaban J connectivity index is 1.34. The fourth-order valence-electron chi connectivity index (χ4n) is 4.25. The highest BCUT2D eigenvalue weighted by molar-refractivity contribution is 6.12. The van der Waals surface area contributed by atoms with Crippen LogP contribution in [0.4, 0.5) is 4.79 Å². The molecule has 168 valence electrons. The van der Waals surface area contributed by atoms with Crippen LogP contribution in [0.25, 0.3) is 10.8 Å². The molecule has 1 atom stereocenters. The predicted octanol–water partition coefficient (Wildman–Crippen LogP) is 5.28. The molecule has 1 aliphatic rings. The zero-order valence-electron chi connectivity index (χ0n) is 18.5. The van der Waals surface area contributed by atoms with Crippen LogP contribution in [0.3, 0.4) is 0 Å². The van der Waals surface area contributed by atoms with Crippen LogP contribution in [0.15, 0.2) is 97.1 Å². The van der Waals surface area contributed by atoms with Gasteiger partial charge in [0.05, 0.1) is 6.54 Å². The van der Waals surface area contributed by atoms with Crippen molar-refractivity contribution in [1.29, 1.82) is 0 Å². The van der Waals surface area contributed by atoms with Crippen molar-refractivity contribution in [3.8, 4) is 11.5 Å². The van der Waals surface area contributed by atoms with Gasteiger partial charge in [0.15, 0.2) is 5.78 Å². The Hall–Kier alpha value is -4.45. The Morgan fingerprint density at radius 3 is 2.24 bits per heavy atom. The lowest BCUT2D eigenvalue weighted by Crippen LogP contribution is -2.41. The maximum Gasteiger partial charge on any atom is 0.325 e. The number of urea groups is 1. The highest BCUT2D eigenvalue weighted by Gasteiger charge is 2.50. The van der Waals surface area contributed by atoms with Crippen LogP contribution in [0, 0.1) is 0 Å². The SMILES string of the molecule is CC1(c2cccc3ccccc23)NC(=O)N(CC(=O)c2ccc(Oc3ccccc3)cc2)C1=O. The van der Waals surface area contributed by atoms with Gasteiger partial charge in [0.2, 0.25) is 0 Å². The number of carbonyl (C=O) groups is 3. The number of ketones is 1. The number of rotatable bonds is 6. The molecule has 1 fully saturated rings. The van der Waals surface area contributed by atoms with E-state index >= 15 is 0 Å². The minimum Gasteiger partial charge on any atom is -0.457 e. The minimum atomic E-state index is -1.26. The first-order chi connectivity index (χ1) is 16.5. The Bertz CT molecular complexity index is 1390. The van der Waals surface area contributed by atoms with Gasteiger partial charge in [-0.3, -0.25) is 14.5 Å². The van der Waals surface area contributed by atoms with Crippen LogP contribution in [-0.4, -0.2) is 29.2 Å². The van der Waals surface area contributed by atoms with E-state index in [1.807, 2.05) is 72.8 Å². The van der Waals surface area contributed by atoms with Gasteiger partial charge in [0.25, 0.3) is 5.91 Å². The first-order valence-corrected chi connectivity index (χ1v) is 10.9. The van der Waals surface area contributed by atoms with Gasteiger partial charge in [0.1, 0.15) is 17.0 Å². The Labute approximate surface area is 196 Å². The molecular formula is C28H22N2O4. The summed E-state index contributed by atoms with van der Waals surface area (Å²) in [7, 11) is 0. The maximum atomic E-state index is 13.4. The second-order valence-electron chi connectivity index (χ2n) is 8.34. The van der Waals surface area contributed by atoms with Gasteiger partial charge in [0, 0.05) is 5.56 Å². The molecule has 0 saturated carbocycles. The number of imide groups is 1. The summed E-state index contributed by atoms with van der Waals surface area (Å²) in [6, 6.07) is 28.7. The summed E-state index contributed by atoms with van der Waals surface area (Å²) in [5.74, 6) is 0.484. The van der Waals surface area contributed by atoms with Crippen LogP contribution < -0.4 is 10.1 Å². The molecule has 5 rings (SSSR count). The highest BCUT2D eigenvalue weighted by atomic mass is 16.5. The number of Topliss-reactive ketones (excluding diaryl/α,β-unsaturated/α-hetero) is 1. The number of para-hydroxylation sites is 1. The molecule has 0 spiro atoms. The molecule has 34 heavy (non-hydrogen) atoms. The Kier molecular flexibility index (Phi) is 5.34. The second kappa shape index (κ2) is 8.48. The van der Waals surface area contributed by atoms with E-state index in [2.05, 4.69) is 5.32 Å². The summed E-state index contributed by atoms with van der Waals surface area (Å²) in [6.07, 6.45) is 0. The van der Waals surface area contributed by atoms with Gasteiger partial charge in [-0.15, -0.1) is 0 Å². The summed E-state index contributed by atoms with van der Waals surface area (Å²) in [6.45, 7) is 1.33. The monoisotopic (exact) mass is 450 g/mol. The van der Waals surface area contributed by atoms with E-state index in [0.717, 1.165) is 15.7 Å². The molecule has 0 aliphatic carbocycles. The number of benzene rings is 4. The number of fused-ring (bicyclic) bond motifs is 1. The summed E-state index contributed by atoms with van der Waals surface area (Å²) < 4.78 is 5.75. The summed E-state index contributed by atoms with van der Waals surface area (Å²) >= 11 is 0. The molecular weight excluding hydrogens is 428 g/mol. The molecule has 4 aromatic carbocycles. The van der Waals surface area contributed by atoms with Gasteiger partial charge in [-0.1, -0.05) is 60.7 Å². The van der Waals surface area contributed by atoms with Crippen molar-refractivity contribution in [2.75, 3.05) is 6.54 Å². The van der Waals surface area contributed by atoms with E-state index in [-0.39, 0.29) is 12.3 Å². The van der Waals surface area contributed by atoms with Gasteiger partial charge in [-0.2, -0.15) is 0 Å². The number of nitrogens with zero attached hydrogens (tertiary/aromatic N) is 1. The predicted molar refractivity (Wildman–Crippen MR) is 129 cm³/mol. The Morgan fingerprint density at radius 1 is 0.824 bits per heavy atom. The molecule has 3 amide bonds. The van der Waals surface area contributed by atoms with Crippen molar-refractivity contribution in [1.82, 2.24) is 10.2 Å².